The lowest BCUT2D eigenvalue weighted by Gasteiger charge is -2.29. The predicted octanol–water partition coefficient (Wildman–Crippen LogP) is 3.75. The van der Waals surface area contributed by atoms with Gasteiger partial charge in [-0.15, -0.1) is 0 Å². The van der Waals surface area contributed by atoms with Gasteiger partial charge < -0.3 is 15.2 Å². The normalized spacial score (nSPS) is 15.7. The zero-order chi connectivity index (χ0) is 18.0. The van der Waals surface area contributed by atoms with Crippen LogP contribution in [0.3, 0.4) is 0 Å². The molecule has 0 atom stereocenters. The largest absolute Gasteiger partial charge is 0.398 e. The topological polar surface area (TPSA) is 61.6 Å². The third-order valence-corrected chi connectivity index (χ3v) is 4.56. The maximum Gasteiger partial charge on any atom is 0.222 e. The molecular formula is C22H19NO3. The lowest BCUT2D eigenvalue weighted by molar-refractivity contribution is -0.129. The molecule has 0 aromatic heterocycles. The maximum absolute atomic E-state index is 12.9. The number of rotatable bonds is 4. The first-order valence-electron chi connectivity index (χ1n) is 8.54. The van der Waals surface area contributed by atoms with Crippen molar-refractivity contribution >= 4 is 11.5 Å². The number of anilines is 1. The van der Waals surface area contributed by atoms with E-state index in [9.17, 15) is 4.79 Å². The number of hydrogen-bond donors (Lipinski definition) is 1. The van der Waals surface area contributed by atoms with E-state index in [1.165, 1.54) is 0 Å². The Morgan fingerprint density at radius 1 is 0.808 bits per heavy atom. The van der Waals surface area contributed by atoms with E-state index in [4.69, 9.17) is 15.2 Å². The highest BCUT2D eigenvalue weighted by atomic mass is 16.7. The Hall–Kier alpha value is -2.95. The van der Waals surface area contributed by atoms with Crippen molar-refractivity contribution < 1.29 is 14.3 Å². The number of benzene rings is 3. The third kappa shape index (κ3) is 2.79. The molecule has 0 bridgehead atoms. The van der Waals surface area contributed by atoms with Gasteiger partial charge in [-0.3, -0.25) is 4.79 Å². The number of ether oxygens (including phenoxy) is 2. The van der Waals surface area contributed by atoms with Crippen LogP contribution < -0.4 is 5.73 Å². The molecule has 0 radical (unpaired) electrons. The van der Waals surface area contributed by atoms with Gasteiger partial charge >= 0.3 is 0 Å². The maximum atomic E-state index is 12.9. The summed E-state index contributed by atoms with van der Waals surface area (Å²) in [5, 5.41) is 0. The molecule has 4 nitrogen and oxygen atoms in total. The van der Waals surface area contributed by atoms with Crippen LogP contribution in [0.1, 0.15) is 27.0 Å². The van der Waals surface area contributed by atoms with E-state index < -0.39 is 5.79 Å². The lowest BCUT2D eigenvalue weighted by Crippen LogP contribution is -2.29. The Labute approximate surface area is 152 Å². The summed E-state index contributed by atoms with van der Waals surface area (Å²) in [6.45, 7) is 0.975. The highest BCUT2D eigenvalue weighted by Gasteiger charge is 2.41. The van der Waals surface area contributed by atoms with E-state index in [0.29, 0.717) is 30.0 Å². The molecule has 1 aliphatic heterocycles. The SMILES string of the molecule is Nc1ccc(C2(c3ccccc3)OCCO2)cc1C(=O)c1ccccc1. The molecule has 1 saturated heterocycles. The second-order valence-electron chi connectivity index (χ2n) is 6.18. The van der Waals surface area contributed by atoms with Crippen LogP contribution in [0.25, 0.3) is 0 Å². The Bertz CT molecular complexity index is 917. The molecule has 0 unspecified atom stereocenters. The predicted molar refractivity (Wildman–Crippen MR) is 99.9 cm³/mol. The minimum Gasteiger partial charge on any atom is -0.398 e. The van der Waals surface area contributed by atoms with Crippen LogP contribution in [0.2, 0.25) is 0 Å². The number of carbonyl (C=O) groups excluding carboxylic acids is 1. The van der Waals surface area contributed by atoms with E-state index in [0.717, 1.165) is 11.1 Å². The van der Waals surface area contributed by atoms with Gasteiger partial charge in [0.25, 0.3) is 0 Å². The highest BCUT2D eigenvalue weighted by Crippen LogP contribution is 2.39. The van der Waals surface area contributed by atoms with E-state index >= 15 is 0 Å². The summed E-state index contributed by atoms with van der Waals surface area (Å²) in [7, 11) is 0. The van der Waals surface area contributed by atoms with Gasteiger partial charge in [-0.05, 0) is 12.1 Å². The minimum atomic E-state index is -1.01. The fraction of sp³-hybridized carbons (Fsp3) is 0.136. The van der Waals surface area contributed by atoms with E-state index in [1.54, 1.807) is 24.3 Å². The molecule has 1 heterocycles. The zero-order valence-electron chi connectivity index (χ0n) is 14.2. The molecule has 26 heavy (non-hydrogen) atoms. The number of nitrogens with two attached hydrogens (primary N) is 1. The van der Waals surface area contributed by atoms with E-state index in [-0.39, 0.29) is 5.78 Å². The molecule has 4 rings (SSSR count). The van der Waals surface area contributed by atoms with Crippen LogP contribution in [-0.2, 0) is 15.3 Å². The number of nitrogen functional groups attached to an aromatic ring is 1. The molecule has 0 aliphatic carbocycles. The molecule has 1 aliphatic rings. The van der Waals surface area contributed by atoms with Crippen LogP contribution in [0.15, 0.2) is 78.9 Å². The van der Waals surface area contributed by atoms with E-state index in [2.05, 4.69) is 0 Å². The van der Waals surface area contributed by atoms with Gasteiger partial charge in [-0.2, -0.15) is 0 Å². The third-order valence-electron chi connectivity index (χ3n) is 4.56. The molecule has 130 valence electrons. The monoisotopic (exact) mass is 345 g/mol. The molecule has 0 spiro atoms. The van der Waals surface area contributed by atoms with Gasteiger partial charge in [0, 0.05) is 27.9 Å². The Morgan fingerprint density at radius 3 is 2.08 bits per heavy atom. The summed E-state index contributed by atoms with van der Waals surface area (Å²) in [5.41, 5.74) is 9.23. The van der Waals surface area contributed by atoms with Gasteiger partial charge in [0.2, 0.25) is 5.79 Å². The van der Waals surface area contributed by atoms with E-state index in [1.807, 2.05) is 54.6 Å². The Balaban J connectivity index is 1.81. The molecule has 0 saturated carbocycles. The van der Waals surface area contributed by atoms with Crippen molar-refractivity contribution in [3.63, 3.8) is 0 Å². The summed E-state index contributed by atoms with van der Waals surface area (Å²) < 4.78 is 12.0. The molecule has 2 N–H and O–H groups in total. The molecule has 1 fully saturated rings. The summed E-state index contributed by atoms with van der Waals surface area (Å²) >= 11 is 0. The molecule has 3 aromatic carbocycles. The van der Waals surface area contributed by atoms with Crippen molar-refractivity contribution in [1.82, 2.24) is 0 Å². The average molecular weight is 345 g/mol. The highest BCUT2D eigenvalue weighted by molar-refractivity contribution is 6.12. The van der Waals surface area contributed by atoms with Crippen LogP contribution in [0, 0.1) is 0 Å². The van der Waals surface area contributed by atoms with Crippen LogP contribution in [0.5, 0.6) is 0 Å². The molecule has 3 aromatic rings. The standard InChI is InChI=1S/C22H19NO3/c23-20-12-11-18(15-19(20)21(24)16-7-3-1-4-8-16)22(25-13-14-26-22)17-9-5-2-6-10-17/h1-12,15H,13-14,23H2. The van der Waals surface area contributed by atoms with Gasteiger partial charge in [-0.1, -0.05) is 66.7 Å². The van der Waals surface area contributed by atoms with Gasteiger partial charge in [0.1, 0.15) is 0 Å². The average Bonchev–Trinajstić information content (AvgIpc) is 3.20. The quantitative estimate of drug-likeness (QED) is 0.578. The number of ketones is 1. The van der Waals surface area contributed by atoms with Crippen LogP contribution >= 0.6 is 0 Å². The van der Waals surface area contributed by atoms with Gasteiger partial charge in [0.05, 0.1) is 13.2 Å². The van der Waals surface area contributed by atoms with Crippen molar-refractivity contribution in [3.8, 4) is 0 Å². The summed E-state index contributed by atoms with van der Waals surface area (Å²) in [5.74, 6) is -1.13. The Morgan fingerprint density at radius 2 is 1.42 bits per heavy atom. The first-order valence-corrected chi connectivity index (χ1v) is 8.54. The summed E-state index contributed by atoms with van der Waals surface area (Å²) in [6.07, 6.45) is 0. The van der Waals surface area contributed by atoms with Crippen molar-refractivity contribution in [1.29, 1.82) is 0 Å². The van der Waals surface area contributed by atoms with Crippen LogP contribution in [0.4, 0.5) is 5.69 Å². The second-order valence-corrected chi connectivity index (χ2v) is 6.18. The smallest absolute Gasteiger partial charge is 0.222 e. The van der Waals surface area contributed by atoms with Crippen molar-refractivity contribution in [2.75, 3.05) is 18.9 Å². The second kappa shape index (κ2) is 6.75. The minimum absolute atomic E-state index is 0.119. The first-order chi connectivity index (χ1) is 12.7. The van der Waals surface area contributed by atoms with Crippen LogP contribution in [-0.4, -0.2) is 19.0 Å². The molecule has 0 amide bonds. The molecular weight excluding hydrogens is 326 g/mol. The number of carbonyl (C=O) groups is 1. The van der Waals surface area contributed by atoms with Gasteiger partial charge in [-0.25, -0.2) is 0 Å². The van der Waals surface area contributed by atoms with Crippen molar-refractivity contribution in [3.05, 3.63) is 101 Å². The van der Waals surface area contributed by atoms with Gasteiger partial charge in [0.15, 0.2) is 5.78 Å². The summed E-state index contributed by atoms with van der Waals surface area (Å²) in [4.78, 5) is 12.9. The lowest BCUT2D eigenvalue weighted by atomic mass is 9.92. The van der Waals surface area contributed by atoms with Crippen molar-refractivity contribution in [2.24, 2.45) is 0 Å². The zero-order valence-corrected chi connectivity index (χ0v) is 14.2. The first kappa shape index (κ1) is 16.5. The fourth-order valence-corrected chi connectivity index (χ4v) is 3.27. The number of hydrogen-bond acceptors (Lipinski definition) is 4. The Kier molecular flexibility index (Phi) is 4.29. The summed E-state index contributed by atoms with van der Waals surface area (Å²) in [6, 6.07) is 24.2. The van der Waals surface area contributed by atoms with Crippen molar-refractivity contribution in [2.45, 2.75) is 5.79 Å². The fourth-order valence-electron chi connectivity index (χ4n) is 3.27. The molecule has 4 heteroatoms.